The van der Waals surface area contributed by atoms with Crippen LogP contribution in [-0.4, -0.2) is 17.1 Å². The molecule has 17 heavy (non-hydrogen) atoms. The second kappa shape index (κ2) is 5.21. The lowest BCUT2D eigenvalue weighted by molar-refractivity contribution is 0.416. The topological polar surface area (TPSA) is 35.0 Å². The number of hydrogen-bond donors (Lipinski definition) is 0. The highest BCUT2D eigenvalue weighted by molar-refractivity contribution is 9.10. The van der Waals surface area contributed by atoms with Gasteiger partial charge in [0, 0.05) is 0 Å². The highest BCUT2D eigenvalue weighted by Crippen LogP contribution is 2.33. The Morgan fingerprint density at radius 2 is 1.71 bits per heavy atom. The van der Waals surface area contributed by atoms with Crippen molar-refractivity contribution in [2.75, 3.05) is 7.11 Å². The van der Waals surface area contributed by atoms with E-state index in [1.54, 1.807) is 7.11 Å². The van der Waals surface area contributed by atoms with Crippen LogP contribution >= 0.6 is 39.1 Å². The van der Waals surface area contributed by atoms with E-state index in [9.17, 15) is 0 Å². The third-order valence-electron chi connectivity index (χ3n) is 2.12. The summed E-state index contributed by atoms with van der Waals surface area (Å²) in [5.74, 6) is 1.10. The number of aromatic nitrogens is 2. The van der Waals surface area contributed by atoms with Gasteiger partial charge in [-0.25, -0.2) is 9.97 Å². The van der Waals surface area contributed by atoms with Gasteiger partial charge in [-0.15, -0.1) is 0 Å². The number of para-hydroxylation sites is 1. The highest BCUT2D eigenvalue weighted by atomic mass is 79.9. The van der Waals surface area contributed by atoms with Gasteiger partial charge in [0.25, 0.3) is 0 Å². The number of methoxy groups -OCH3 is 1. The molecule has 0 fully saturated rings. The van der Waals surface area contributed by atoms with Crippen molar-refractivity contribution in [2.45, 2.75) is 0 Å². The molecular weight excluding hydrogens is 327 g/mol. The van der Waals surface area contributed by atoms with Crippen molar-refractivity contribution in [1.29, 1.82) is 0 Å². The van der Waals surface area contributed by atoms with Crippen molar-refractivity contribution >= 4 is 39.1 Å². The molecule has 1 aromatic carbocycles. The van der Waals surface area contributed by atoms with Gasteiger partial charge in [0.2, 0.25) is 0 Å². The van der Waals surface area contributed by atoms with Crippen LogP contribution in [0.5, 0.6) is 5.75 Å². The fourth-order valence-electron chi connectivity index (χ4n) is 1.34. The van der Waals surface area contributed by atoms with E-state index in [0.717, 1.165) is 5.56 Å². The molecule has 0 saturated carbocycles. The summed E-state index contributed by atoms with van der Waals surface area (Å²) >= 11 is 15.1. The smallest absolute Gasteiger partial charge is 0.166 e. The van der Waals surface area contributed by atoms with Crippen molar-refractivity contribution < 1.29 is 4.74 Å². The molecule has 0 bridgehead atoms. The van der Waals surface area contributed by atoms with Crippen LogP contribution in [0.3, 0.4) is 0 Å². The summed E-state index contributed by atoms with van der Waals surface area (Å²) in [6.07, 6.45) is 0. The largest absolute Gasteiger partial charge is 0.496 e. The molecule has 0 spiro atoms. The second-order valence-corrected chi connectivity index (χ2v) is 4.65. The van der Waals surface area contributed by atoms with E-state index < -0.39 is 0 Å². The molecule has 0 N–H and O–H groups in total. The Labute approximate surface area is 117 Å². The number of benzene rings is 1. The summed E-state index contributed by atoms with van der Waals surface area (Å²) in [4.78, 5) is 8.31. The summed E-state index contributed by atoms with van der Waals surface area (Å²) in [6.45, 7) is 0. The first-order valence-electron chi connectivity index (χ1n) is 4.65. The van der Waals surface area contributed by atoms with E-state index in [-0.39, 0.29) is 10.3 Å². The average Bonchev–Trinajstić information content (AvgIpc) is 2.35. The van der Waals surface area contributed by atoms with Gasteiger partial charge < -0.3 is 4.74 Å². The third kappa shape index (κ3) is 2.54. The molecule has 6 heteroatoms. The van der Waals surface area contributed by atoms with Gasteiger partial charge in [-0.3, -0.25) is 0 Å². The van der Waals surface area contributed by atoms with Crippen LogP contribution in [0.25, 0.3) is 11.4 Å². The van der Waals surface area contributed by atoms with Crippen LogP contribution in [0.1, 0.15) is 0 Å². The molecule has 0 radical (unpaired) electrons. The zero-order chi connectivity index (χ0) is 12.4. The number of nitrogens with zero attached hydrogens (tertiary/aromatic N) is 2. The van der Waals surface area contributed by atoms with E-state index in [2.05, 4.69) is 25.9 Å². The summed E-state index contributed by atoms with van der Waals surface area (Å²) in [7, 11) is 1.58. The molecule has 1 heterocycles. The zero-order valence-corrected chi connectivity index (χ0v) is 11.8. The molecule has 88 valence electrons. The second-order valence-electron chi connectivity index (χ2n) is 3.14. The fourth-order valence-corrected chi connectivity index (χ4v) is 1.91. The molecule has 1 aromatic heterocycles. The average molecular weight is 334 g/mol. The Kier molecular flexibility index (Phi) is 3.86. The fraction of sp³-hybridized carbons (Fsp3) is 0.0909. The molecule has 0 saturated heterocycles. The molecule has 3 nitrogen and oxygen atoms in total. The molecule has 2 aromatic rings. The van der Waals surface area contributed by atoms with Crippen molar-refractivity contribution in [3.8, 4) is 17.1 Å². The zero-order valence-electron chi connectivity index (χ0n) is 8.75. The molecule has 0 aliphatic rings. The SMILES string of the molecule is COc1ccccc1-c1nc(Cl)c(Br)c(Cl)n1. The van der Waals surface area contributed by atoms with Crippen LogP contribution < -0.4 is 4.74 Å². The minimum atomic E-state index is 0.269. The maximum Gasteiger partial charge on any atom is 0.166 e. The molecule has 0 aliphatic carbocycles. The molecule has 2 rings (SSSR count). The van der Waals surface area contributed by atoms with Crippen molar-refractivity contribution in [2.24, 2.45) is 0 Å². The number of hydrogen-bond acceptors (Lipinski definition) is 3. The standard InChI is InChI=1S/C11H7BrCl2N2O/c1-17-7-5-3-2-4-6(7)11-15-9(13)8(12)10(14)16-11/h2-5H,1H3. The van der Waals surface area contributed by atoms with Crippen LogP contribution in [0.2, 0.25) is 10.3 Å². The number of halogens is 3. The Hall–Kier alpha value is -0.840. The molecule has 0 atom stereocenters. The van der Waals surface area contributed by atoms with Crippen LogP contribution in [0, 0.1) is 0 Å². The van der Waals surface area contributed by atoms with E-state index in [1.165, 1.54) is 0 Å². The van der Waals surface area contributed by atoms with Gasteiger partial charge in [0.05, 0.1) is 17.1 Å². The summed E-state index contributed by atoms with van der Waals surface area (Å²) in [5, 5.41) is 0.539. The van der Waals surface area contributed by atoms with E-state index in [0.29, 0.717) is 16.0 Å². The third-order valence-corrected chi connectivity index (χ3v) is 3.87. The van der Waals surface area contributed by atoms with E-state index in [4.69, 9.17) is 27.9 Å². The van der Waals surface area contributed by atoms with Crippen molar-refractivity contribution in [1.82, 2.24) is 9.97 Å². The maximum absolute atomic E-state index is 5.94. The summed E-state index contributed by atoms with van der Waals surface area (Å²) in [5.41, 5.74) is 0.742. The summed E-state index contributed by atoms with van der Waals surface area (Å²) in [6, 6.07) is 7.40. The Morgan fingerprint density at radius 1 is 1.12 bits per heavy atom. The maximum atomic E-state index is 5.94. The van der Waals surface area contributed by atoms with Gasteiger partial charge in [0.1, 0.15) is 16.1 Å². The van der Waals surface area contributed by atoms with Crippen LogP contribution in [-0.2, 0) is 0 Å². The Bertz CT molecular complexity index is 540. The quantitative estimate of drug-likeness (QED) is 0.772. The van der Waals surface area contributed by atoms with E-state index in [1.807, 2.05) is 24.3 Å². The Morgan fingerprint density at radius 3 is 2.29 bits per heavy atom. The molecule has 0 amide bonds. The van der Waals surface area contributed by atoms with Gasteiger partial charge in [-0.2, -0.15) is 0 Å². The highest BCUT2D eigenvalue weighted by Gasteiger charge is 2.13. The molecule has 0 unspecified atom stereocenters. The lowest BCUT2D eigenvalue weighted by atomic mass is 10.2. The van der Waals surface area contributed by atoms with Crippen molar-refractivity contribution in [3.05, 3.63) is 39.0 Å². The van der Waals surface area contributed by atoms with Gasteiger partial charge in [-0.05, 0) is 28.1 Å². The minimum absolute atomic E-state index is 0.269. The van der Waals surface area contributed by atoms with Crippen LogP contribution in [0.4, 0.5) is 0 Å². The van der Waals surface area contributed by atoms with Crippen molar-refractivity contribution in [3.63, 3.8) is 0 Å². The lowest BCUT2D eigenvalue weighted by Crippen LogP contribution is -1.94. The first-order chi connectivity index (χ1) is 8.13. The number of ether oxygens (including phenoxy) is 1. The lowest BCUT2D eigenvalue weighted by Gasteiger charge is -2.08. The van der Waals surface area contributed by atoms with Crippen LogP contribution in [0.15, 0.2) is 28.7 Å². The number of rotatable bonds is 2. The minimum Gasteiger partial charge on any atom is -0.496 e. The predicted molar refractivity (Wildman–Crippen MR) is 71.7 cm³/mol. The van der Waals surface area contributed by atoms with Gasteiger partial charge in [0.15, 0.2) is 5.82 Å². The molecule has 0 aliphatic heterocycles. The van der Waals surface area contributed by atoms with Gasteiger partial charge in [-0.1, -0.05) is 35.3 Å². The normalized spacial score (nSPS) is 10.4. The monoisotopic (exact) mass is 332 g/mol. The molecular formula is C11H7BrCl2N2O. The first-order valence-corrected chi connectivity index (χ1v) is 6.20. The van der Waals surface area contributed by atoms with Gasteiger partial charge >= 0.3 is 0 Å². The first kappa shape index (κ1) is 12.6. The predicted octanol–water partition coefficient (Wildman–Crippen LogP) is 4.22. The van der Waals surface area contributed by atoms with E-state index >= 15 is 0 Å². The Balaban J connectivity index is 2.61. The summed E-state index contributed by atoms with van der Waals surface area (Å²) < 4.78 is 5.72.